The second kappa shape index (κ2) is 13.0. The predicted octanol–water partition coefficient (Wildman–Crippen LogP) is 1.29. The maximum atomic E-state index is 13.1. The van der Waals surface area contributed by atoms with Crippen LogP contribution in [0.5, 0.6) is 5.75 Å². The van der Waals surface area contributed by atoms with Gasteiger partial charge in [0.05, 0.1) is 19.2 Å². The topological polar surface area (TPSA) is 163 Å². The van der Waals surface area contributed by atoms with Gasteiger partial charge >= 0.3 is 12.3 Å². The van der Waals surface area contributed by atoms with E-state index in [0.29, 0.717) is 5.75 Å². The van der Waals surface area contributed by atoms with Crippen molar-refractivity contribution in [1.82, 2.24) is 16.0 Å². The van der Waals surface area contributed by atoms with Crippen LogP contribution in [-0.2, 0) is 9.59 Å². The normalized spacial score (nSPS) is 15.1. The van der Waals surface area contributed by atoms with Crippen LogP contribution >= 0.6 is 0 Å². The molecule has 1 aromatic carbocycles. The molecule has 34 heavy (non-hydrogen) atoms. The largest absolute Gasteiger partial charge is 0.497 e. The van der Waals surface area contributed by atoms with Crippen molar-refractivity contribution in [3.8, 4) is 5.75 Å². The van der Waals surface area contributed by atoms with Crippen molar-refractivity contribution in [2.24, 2.45) is 11.7 Å². The first-order valence-electron chi connectivity index (χ1n) is 10.5. The quantitative estimate of drug-likeness (QED) is 0.240. The Morgan fingerprint density at radius 1 is 1.09 bits per heavy atom. The van der Waals surface area contributed by atoms with E-state index in [9.17, 15) is 32.7 Å². The van der Waals surface area contributed by atoms with E-state index in [2.05, 4.69) is 16.0 Å². The third kappa shape index (κ3) is 9.06. The van der Waals surface area contributed by atoms with Crippen molar-refractivity contribution in [3.63, 3.8) is 0 Å². The third-order valence-corrected chi connectivity index (χ3v) is 5.01. The number of hydrogen-bond acceptors (Lipinski definition) is 6. The molecule has 0 saturated carbocycles. The highest BCUT2D eigenvalue weighted by molar-refractivity contribution is 5.90. The number of amides is 3. The molecule has 4 unspecified atom stereocenters. The summed E-state index contributed by atoms with van der Waals surface area (Å²) in [6.07, 6.45) is -8.67. The third-order valence-electron chi connectivity index (χ3n) is 5.01. The van der Waals surface area contributed by atoms with Crippen LogP contribution in [0.15, 0.2) is 24.3 Å². The van der Waals surface area contributed by atoms with Crippen LogP contribution in [-0.4, -0.2) is 66.1 Å². The fourth-order valence-electron chi connectivity index (χ4n) is 3.06. The van der Waals surface area contributed by atoms with Gasteiger partial charge in [0.1, 0.15) is 11.8 Å². The number of ether oxygens (including phenoxy) is 1. The highest BCUT2D eigenvalue weighted by Crippen LogP contribution is 2.26. The van der Waals surface area contributed by atoms with Crippen molar-refractivity contribution in [2.75, 3.05) is 13.7 Å². The highest BCUT2D eigenvalue weighted by Gasteiger charge is 2.45. The van der Waals surface area contributed by atoms with E-state index < -0.39 is 54.2 Å². The first-order valence-corrected chi connectivity index (χ1v) is 10.5. The first-order chi connectivity index (χ1) is 15.8. The SMILES string of the molecule is COc1ccc(C(NC(=O)C(N)CCCNC(=O)O)C(=O)NC(C(C)C)C(O)C(F)(F)F)cc1. The van der Waals surface area contributed by atoms with E-state index in [1.165, 1.54) is 45.2 Å². The minimum Gasteiger partial charge on any atom is -0.497 e. The molecular weight excluding hydrogens is 461 g/mol. The molecule has 0 radical (unpaired) electrons. The second-order valence-electron chi connectivity index (χ2n) is 7.96. The molecule has 4 atom stereocenters. The van der Waals surface area contributed by atoms with Crippen LogP contribution in [0, 0.1) is 5.92 Å². The Balaban J connectivity index is 3.06. The summed E-state index contributed by atoms with van der Waals surface area (Å²) >= 11 is 0. The summed E-state index contributed by atoms with van der Waals surface area (Å²) in [6, 6.07) is 1.73. The van der Waals surface area contributed by atoms with Gasteiger partial charge in [0.2, 0.25) is 11.8 Å². The zero-order valence-corrected chi connectivity index (χ0v) is 19.1. The van der Waals surface area contributed by atoms with Crippen LogP contribution in [0.1, 0.15) is 38.3 Å². The van der Waals surface area contributed by atoms with Crippen molar-refractivity contribution < 1.29 is 42.5 Å². The smallest absolute Gasteiger partial charge is 0.416 e. The molecule has 0 bridgehead atoms. The molecule has 1 rings (SSSR count). The average Bonchev–Trinajstić information content (AvgIpc) is 2.76. The number of hydrogen-bond donors (Lipinski definition) is 6. The summed E-state index contributed by atoms with van der Waals surface area (Å²) in [5.74, 6) is -2.06. The summed E-state index contributed by atoms with van der Waals surface area (Å²) in [6.45, 7) is 2.87. The molecule has 0 fully saturated rings. The lowest BCUT2D eigenvalue weighted by Gasteiger charge is -2.31. The van der Waals surface area contributed by atoms with Gasteiger partial charge in [-0.2, -0.15) is 13.2 Å². The summed E-state index contributed by atoms with van der Waals surface area (Å²) in [5, 5.41) is 25.0. The maximum absolute atomic E-state index is 13.1. The number of aliphatic hydroxyl groups excluding tert-OH is 1. The number of methoxy groups -OCH3 is 1. The number of alkyl halides is 3. The monoisotopic (exact) mass is 492 g/mol. The fourth-order valence-corrected chi connectivity index (χ4v) is 3.06. The van der Waals surface area contributed by atoms with Crippen molar-refractivity contribution in [1.29, 1.82) is 0 Å². The number of carbonyl (C=O) groups excluding carboxylic acids is 2. The molecule has 3 amide bonds. The Kier molecular flexibility index (Phi) is 11.1. The second-order valence-corrected chi connectivity index (χ2v) is 7.96. The van der Waals surface area contributed by atoms with E-state index in [1.807, 2.05) is 0 Å². The van der Waals surface area contributed by atoms with Gasteiger partial charge in [-0.1, -0.05) is 26.0 Å². The standard InChI is InChI=1S/C21H31F3N4O6/c1-11(2)15(17(29)21(22,23)24)27-19(31)16(12-6-8-13(34-3)9-7-12)28-18(30)14(25)5-4-10-26-20(32)33/h6-9,11,14-17,26,29H,4-5,10,25H2,1-3H3,(H,27,31)(H,28,30)(H,32,33). The molecule has 0 aliphatic rings. The van der Waals surface area contributed by atoms with E-state index in [0.717, 1.165) is 0 Å². The average molecular weight is 492 g/mol. The van der Waals surface area contributed by atoms with E-state index in [-0.39, 0.29) is 24.9 Å². The summed E-state index contributed by atoms with van der Waals surface area (Å²) < 4.78 is 44.3. The number of halogens is 3. The van der Waals surface area contributed by atoms with Gasteiger partial charge in [0.15, 0.2) is 6.10 Å². The molecule has 0 spiro atoms. The summed E-state index contributed by atoms with van der Waals surface area (Å²) in [5.41, 5.74) is 6.08. The van der Waals surface area contributed by atoms with Crippen LogP contribution in [0.2, 0.25) is 0 Å². The Bertz CT molecular complexity index is 820. The number of benzene rings is 1. The number of nitrogens with one attached hydrogen (secondary N) is 3. The number of carboxylic acid groups (broad SMARTS) is 1. The zero-order valence-electron chi connectivity index (χ0n) is 19.1. The lowest BCUT2D eigenvalue weighted by Crippen LogP contribution is -2.55. The lowest BCUT2D eigenvalue weighted by atomic mass is 9.96. The fraction of sp³-hybridized carbons (Fsp3) is 0.571. The molecule has 13 heteroatoms. The predicted molar refractivity (Wildman–Crippen MR) is 116 cm³/mol. The molecule has 0 aliphatic carbocycles. The zero-order chi connectivity index (χ0) is 26.1. The Morgan fingerprint density at radius 3 is 2.15 bits per heavy atom. The number of aliphatic hydroxyl groups is 1. The number of rotatable bonds is 12. The Labute approximate surface area is 195 Å². The van der Waals surface area contributed by atoms with Crippen molar-refractivity contribution >= 4 is 17.9 Å². The molecule has 0 aromatic heterocycles. The van der Waals surface area contributed by atoms with Gasteiger partial charge < -0.3 is 36.6 Å². The van der Waals surface area contributed by atoms with Crippen LogP contribution in [0.3, 0.4) is 0 Å². The van der Waals surface area contributed by atoms with Crippen molar-refractivity contribution in [3.05, 3.63) is 29.8 Å². The molecule has 0 saturated heterocycles. The number of nitrogens with two attached hydrogens (primary N) is 1. The molecule has 0 heterocycles. The molecule has 10 nitrogen and oxygen atoms in total. The Morgan fingerprint density at radius 2 is 1.68 bits per heavy atom. The van der Waals surface area contributed by atoms with Gasteiger partial charge in [-0.25, -0.2) is 4.79 Å². The Hall–Kier alpha value is -3.06. The number of carbonyl (C=O) groups is 3. The summed E-state index contributed by atoms with van der Waals surface area (Å²) in [4.78, 5) is 36.1. The molecule has 7 N–H and O–H groups in total. The van der Waals surface area contributed by atoms with Gasteiger partial charge in [-0.3, -0.25) is 9.59 Å². The first kappa shape index (κ1) is 29.0. The van der Waals surface area contributed by atoms with Gasteiger partial charge in [-0.05, 0) is 36.5 Å². The van der Waals surface area contributed by atoms with Gasteiger partial charge in [0.25, 0.3) is 0 Å². The highest BCUT2D eigenvalue weighted by atomic mass is 19.4. The van der Waals surface area contributed by atoms with E-state index in [1.54, 1.807) is 0 Å². The molecular formula is C21H31F3N4O6. The molecule has 0 aliphatic heterocycles. The lowest BCUT2D eigenvalue weighted by molar-refractivity contribution is -0.215. The minimum atomic E-state index is -4.96. The van der Waals surface area contributed by atoms with Crippen molar-refractivity contribution in [2.45, 2.75) is 57.1 Å². The summed E-state index contributed by atoms with van der Waals surface area (Å²) in [7, 11) is 1.42. The minimum absolute atomic E-state index is 0.0596. The van der Waals surface area contributed by atoms with Gasteiger partial charge in [-0.15, -0.1) is 0 Å². The van der Waals surface area contributed by atoms with E-state index in [4.69, 9.17) is 15.6 Å². The van der Waals surface area contributed by atoms with Gasteiger partial charge in [0, 0.05) is 6.54 Å². The maximum Gasteiger partial charge on any atom is 0.416 e. The van der Waals surface area contributed by atoms with Crippen LogP contribution in [0.4, 0.5) is 18.0 Å². The molecule has 192 valence electrons. The molecule has 1 aromatic rings. The van der Waals surface area contributed by atoms with Crippen LogP contribution in [0.25, 0.3) is 0 Å². The van der Waals surface area contributed by atoms with E-state index >= 15 is 0 Å². The van der Waals surface area contributed by atoms with Crippen LogP contribution < -0.4 is 26.4 Å².